The zero-order valence-electron chi connectivity index (χ0n) is 39.1. The summed E-state index contributed by atoms with van der Waals surface area (Å²) in [6.45, 7) is 13.3. The van der Waals surface area contributed by atoms with Crippen LogP contribution in [0, 0.1) is 29.6 Å². The molecule has 352 valence electrons. The molecule has 4 rings (SSSR count). The number of nitrogens with zero attached hydrogens (tertiary/aromatic N) is 1. The Morgan fingerprint density at radius 2 is 1.60 bits per heavy atom. The Labute approximate surface area is 369 Å². The number of hydrogen-bond acceptors (Lipinski definition) is 13. The fourth-order valence-electron chi connectivity index (χ4n) is 10.1. The van der Waals surface area contributed by atoms with E-state index in [2.05, 4.69) is 6.92 Å². The molecule has 0 unspecified atom stereocenters. The SMILES string of the molecule is CCCCC(=O)O[C@@H]1CC[C@@H](/C=C(/C)[C@H]2OC(=O)[C@@H]3CCCCN3C(=O)C(=O)[C@]3(O)O[C@H]([C@@H](OC)C[C@@H](C)C/C(C)=C/[C@@H](CC)C(=O)C[C@H](O)[C@H]2C)[C@@H](OC)C[C@H]3C)C[C@H]1OC. The van der Waals surface area contributed by atoms with Crippen molar-refractivity contribution in [1.82, 2.24) is 4.90 Å². The van der Waals surface area contributed by atoms with Crippen LogP contribution in [0.4, 0.5) is 0 Å². The van der Waals surface area contributed by atoms with E-state index >= 15 is 0 Å². The maximum atomic E-state index is 14.4. The average molecular weight is 876 g/mol. The van der Waals surface area contributed by atoms with Gasteiger partial charge in [0.15, 0.2) is 0 Å². The first kappa shape index (κ1) is 51.6. The van der Waals surface area contributed by atoms with Crippen molar-refractivity contribution in [2.45, 2.75) is 193 Å². The van der Waals surface area contributed by atoms with E-state index in [1.807, 2.05) is 39.8 Å². The summed E-state index contributed by atoms with van der Waals surface area (Å²) in [6.07, 6.45) is 5.78. The van der Waals surface area contributed by atoms with E-state index in [0.29, 0.717) is 63.4 Å². The van der Waals surface area contributed by atoms with Gasteiger partial charge >= 0.3 is 11.9 Å². The van der Waals surface area contributed by atoms with Crippen LogP contribution in [0.15, 0.2) is 23.3 Å². The van der Waals surface area contributed by atoms with Gasteiger partial charge < -0.3 is 43.5 Å². The van der Waals surface area contributed by atoms with Crippen LogP contribution in [0.5, 0.6) is 0 Å². The first-order valence-corrected chi connectivity index (χ1v) is 23.2. The standard InChI is InChI=1S/C48H77NO13/c1-11-13-17-42(52)60-38-19-18-33(26-39(38)57-8)24-30(5)43-32(7)36(50)27-37(51)34(12-2)22-28(3)21-29(4)23-40(58-9)44-41(59-10)25-31(6)48(56,62-44)45(53)46(54)49-20-15-14-16-35(49)47(55)61-43/h22,24,29,31-36,38-41,43-44,50,56H,11-21,23,25-27H2,1-10H3/b28-22+,30-24-/t29-,31+,32+,33-,34+,35-,36-,38+,39+,40-,41-,43+,44+,48+/m0/s1. The Morgan fingerprint density at radius 1 is 0.919 bits per heavy atom. The number of carbonyl (C=O) groups excluding carboxylic acids is 5. The predicted molar refractivity (Wildman–Crippen MR) is 231 cm³/mol. The largest absolute Gasteiger partial charge is 0.460 e. The summed E-state index contributed by atoms with van der Waals surface area (Å²) in [5.74, 6) is -7.89. The zero-order valence-corrected chi connectivity index (χ0v) is 39.1. The molecule has 14 atom stereocenters. The molecule has 2 N–H and O–H groups in total. The molecule has 1 aliphatic carbocycles. The molecule has 14 nitrogen and oxygen atoms in total. The van der Waals surface area contributed by atoms with Gasteiger partial charge in [0.05, 0.1) is 24.4 Å². The highest BCUT2D eigenvalue weighted by Gasteiger charge is 2.56. The van der Waals surface area contributed by atoms with Gasteiger partial charge in [0.1, 0.15) is 30.1 Å². The fraction of sp³-hybridized carbons (Fsp3) is 0.812. The van der Waals surface area contributed by atoms with Crippen LogP contribution >= 0.6 is 0 Å². The van der Waals surface area contributed by atoms with Gasteiger partial charge in [-0.05, 0) is 102 Å². The number of cyclic esters (lactones) is 1. The highest BCUT2D eigenvalue weighted by atomic mass is 16.7. The Hall–Kier alpha value is -3.01. The van der Waals surface area contributed by atoms with E-state index in [0.717, 1.165) is 18.4 Å². The minimum Gasteiger partial charge on any atom is -0.460 e. The summed E-state index contributed by atoms with van der Waals surface area (Å²) < 4.78 is 35.9. The number of ether oxygens (including phenoxy) is 6. The maximum absolute atomic E-state index is 14.4. The minimum absolute atomic E-state index is 0.0252. The number of Topliss-reactive ketones (excluding diaryl/α,β-unsaturated/α-hetero) is 2. The monoisotopic (exact) mass is 876 g/mol. The lowest BCUT2D eigenvalue weighted by Gasteiger charge is -2.47. The van der Waals surface area contributed by atoms with Crippen molar-refractivity contribution in [3.05, 3.63) is 23.3 Å². The second-order valence-corrected chi connectivity index (χ2v) is 18.7. The second kappa shape index (κ2) is 23.8. The average Bonchev–Trinajstić information content (AvgIpc) is 3.25. The van der Waals surface area contributed by atoms with Crippen LogP contribution in [0.1, 0.15) is 138 Å². The molecule has 2 saturated heterocycles. The van der Waals surface area contributed by atoms with Gasteiger partial charge in [0, 0.05) is 58.5 Å². The Morgan fingerprint density at radius 3 is 2.24 bits per heavy atom. The summed E-state index contributed by atoms with van der Waals surface area (Å²) in [5, 5.41) is 23.9. The van der Waals surface area contributed by atoms with Crippen LogP contribution in [-0.4, -0.2) is 127 Å². The number of unbranched alkanes of at least 4 members (excludes halogenated alkanes) is 1. The van der Waals surface area contributed by atoms with Gasteiger partial charge in [-0.2, -0.15) is 0 Å². The van der Waals surface area contributed by atoms with E-state index < -0.39 is 77.8 Å². The van der Waals surface area contributed by atoms with Crippen molar-refractivity contribution in [2.24, 2.45) is 29.6 Å². The summed E-state index contributed by atoms with van der Waals surface area (Å²) >= 11 is 0. The molecule has 0 aromatic heterocycles. The molecule has 1 amide bonds. The Kier molecular flexibility index (Phi) is 19.8. The second-order valence-electron chi connectivity index (χ2n) is 18.7. The number of piperidine rings is 1. The number of esters is 2. The number of aliphatic hydroxyl groups excluding tert-OH is 1. The van der Waals surface area contributed by atoms with Crippen LogP contribution in [-0.2, 0) is 52.4 Å². The number of methoxy groups -OCH3 is 3. The van der Waals surface area contributed by atoms with Crippen molar-refractivity contribution >= 4 is 29.4 Å². The van der Waals surface area contributed by atoms with E-state index in [9.17, 15) is 34.2 Å². The van der Waals surface area contributed by atoms with E-state index in [1.54, 1.807) is 21.0 Å². The molecule has 0 aromatic carbocycles. The minimum atomic E-state index is -2.51. The highest BCUT2D eigenvalue weighted by Crippen LogP contribution is 2.39. The number of rotatable bonds is 10. The quantitative estimate of drug-likeness (QED) is 0.144. The first-order chi connectivity index (χ1) is 29.4. The number of allylic oxidation sites excluding steroid dienone is 3. The van der Waals surface area contributed by atoms with Gasteiger partial charge in [0.2, 0.25) is 5.79 Å². The maximum Gasteiger partial charge on any atom is 0.329 e. The van der Waals surface area contributed by atoms with Crippen LogP contribution in [0.3, 0.4) is 0 Å². The molecule has 3 aliphatic heterocycles. The van der Waals surface area contributed by atoms with E-state index in [1.165, 1.54) is 19.1 Å². The molecular weight excluding hydrogens is 799 g/mol. The topological polar surface area (TPSA) is 184 Å². The predicted octanol–water partition coefficient (Wildman–Crippen LogP) is 6.21. The normalized spacial score (nSPS) is 38.6. The number of amides is 1. The Bertz CT molecular complexity index is 1600. The molecule has 0 spiro atoms. The third-order valence-electron chi connectivity index (χ3n) is 13.9. The molecule has 0 aromatic rings. The van der Waals surface area contributed by atoms with Crippen molar-refractivity contribution in [3.8, 4) is 0 Å². The summed E-state index contributed by atoms with van der Waals surface area (Å²) in [7, 11) is 4.66. The third kappa shape index (κ3) is 12.8. The molecule has 0 radical (unpaired) electrons. The molecule has 3 heterocycles. The number of fused-ring (bicyclic) bond motifs is 3. The summed E-state index contributed by atoms with van der Waals surface area (Å²) in [6, 6.07) is -1.15. The molecule has 14 heteroatoms. The number of hydrogen-bond donors (Lipinski definition) is 2. The summed E-state index contributed by atoms with van der Waals surface area (Å²) in [4.78, 5) is 70.6. The van der Waals surface area contributed by atoms with E-state index in [-0.39, 0.29) is 61.6 Å². The molecule has 4 aliphatic rings. The van der Waals surface area contributed by atoms with Gasteiger partial charge in [-0.25, -0.2) is 4.79 Å². The smallest absolute Gasteiger partial charge is 0.329 e. The summed E-state index contributed by atoms with van der Waals surface area (Å²) in [5.41, 5.74) is 1.64. The molecule has 1 saturated carbocycles. The van der Waals surface area contributed by atoms with Crippen LogP contribution in [0.2, 0.25) is 0 Å². The van der Waals surface area contributed by atoms with Crippen molar-refractivity contribution in [1.29, 1.82) is 0 Å². The van der Waals surface area contributed by atoms with Crippen molar-refractivity contribution in [2.75, 3.05) is 27.9 Å². The van der Waals surface area contributed by atoms with E-state index in [4.69, 9.17) is 28.4 Å². The van der Waals surface area contributed by atoms with Gasteiger partial charge in [-0.15, -0.1) is 0 Å². The third-order valence-corrected chi connectivity index (χ3v) is 13.9. The molecule has 3 fully saturated rings. The number of aliphatic hydroxyl groups is 2. The number of carbonyl (C=O) groups is 5. The lowest BCUT2D eigenvalue weighted by Crippen LogP contribution is -2.64. The Balaban J connectivity index is 1.72. The lowest BCUT2D eigenvalue weighted by atomic mass is 9.81. The van der Waals surface area contributed by atoms with Gasteiger partial charge in [-0.1, -0.05) is 58.8 Å². The zero-order chi connectivity index (χ0) is 45.9. The fourth-order valence-corrected chi connectivity index (χ4v) is 10.1. The van der Waals surface area contributed by atoms with Gasteiger partial charge in [-0.3, -0.25) is 19.2 Å². The van der Waals surface area contributed by atoms with Crippen LogP contribution < -0.4 is 0 Å². The lowest BCUT2D eigenvalue weighted by molar-refractivity contribution is -0.302. The number of ketones is 2. The highest BCUT2D eigenvalue weighted by molar-refractivity contribution is 6.39. The molecular formula is C48H77NO13. The first-order valence-electron chi connectivity index (χ1n) is 23.2. The van der Waals surface area contributed by atoms with Gasteiger partial charge in [0.25, 0.3) is 11.7 Å². The van der Waals surface area contributed by atoms with Crippen LogP contribution in [0.25, 0.3) is 0 Å². The van der Waals surface area contributed by atoms with Crippen molar-refractivity contribution in [3.63, 3.8) is 0 Å². The molecule has 2 bridgehead atoms. The molecule has 62 heavy (non-hydrogen) atoms. The van der Waals surface area contributed by atoms with Crippen molar-refractivity contribution < 1.29 is 62.6 Å².